The van der Waals surface area contributed by atoms with Gasteiger partial charge in [0.25, 0.3) is 0 Å². The summed E-state index contributed by atoms with van der Waals surface area (Å²) < 4.78 is 1.65. The summed E-state index contributed by atoms with van der Waals surface area (Å²) in [5.74, 6) is 1.58. The van der Waals surface area contributed by atoms with Crippen molar-refractivity contribution in [2.75, 3.05) is 18.4 Å². The Bertz CT molecular complexity index is 745. The van der Waals surface area contributed by atoms with Gasteiger partial charge in [-0.3, -0.25) is 10.1 Å². The van der Waals surface area contributed by atoms with Crippen LogP contribution in [-0.2, 0) is 23.7 Å². The van der Waals surface area contributed by atoms with Gasteiger partial charge >= 0.3 is 0 Å². The SMILES string of the molecule is Cl.Cn1nc(C2CCNCC2)nc1NC(=O)Cc1csc(C(C)(C)C)n1. The Morgan fingerprint density at radius 1 is 1.35 bits per heavy atom. The first kappa shape index (κ1) is 20.8. The normalized spacial score (nSPS) is 15.5. The summed E-state index contributed by atoms with van der Waals surface area (Å²) in [6, 6.07) is 0. The Labute approximate surface area is 164 Å². The van der Waals surface area contributed by atoms with Crippen molar-refractivity contribution < 1.29 is 4.79 Å². The van der Waals surface area contributed by atoms with Crippen molar-refractivity contribution >= 4 is 35.6 Å². The van der Waals surface area contributed by atoms with E-state index in [1.807, 2.05) is 12.4 Å². The van der Waals surface area contributed by atoms with Crippen LogP contribution in [0.4, 0.5) is 5.95 Å². The number of anilines is 1. The number of carbonyl (C=O) groups excluding carboxylic acids is 1. The second-order valence-electron chi connectivity index (χ2n) is 7.56. The van der Waals surface area contributed by atoms with Gasteiger partial charge in [-0.15, -0.1) is 23.7 Å². The van der Waals surface area contributed by atoms with E-state index in [9.17, 15) is 4.79 Å². The van der Waals surface area contributed by atoms with Gasteiger partial charge < -0.3 is 5.32 Å². The van der Waals surface area contributed by atoms with E-state index in [0.29, 0.717) is 11.9 Å². The van der Waals surface area contributed by atoms with Crippen LogP contribution in [0.25, 0.3) is 0 Å². The molecule has 1 amide bonds. The number of hydrogen-bond acceptors (Lipinski definition) is 6. The Hall–Kier alpha value is -1.51. The largest absolute Gasteiger partial charge is 0.317 e. The van der Waals surface area contributed by atoms with Crippen LogP contribution in [0.3, 0.4) is 0 Å². The van der Waals surface area contributed by atoms with Gasteiger partial charge in [-0.25, -0.2) is 9.67 Å². The number of nitrogens with zero attached hydrogens (tertiary/aromatic N) is 4. The molecule has 9 heteroatoms. The highest BCUT2D eigenvalue weighted by molar-refractivity contribution is 7.09. The maximum absolute atomic E-state index is 12.3. The van der Waals surface area contributed by atoms with Gasteiger partial charge in [0.05, 0.1) is 17.1 Å². The zero-order valence-electron chi connectivity index (χ0n) is 15.7. The number of nitrogens with one attached hydrogen (secondary N) is 2. The molecule has 1 saturated heterocycles. The van der Waals surface area contributed by atoms with E-state index >= 15 is 0 Å². The lowest BCUT2D eigenvalue weighted by molar-refractivity contribution is -0.115. The number of rotatable bonds is 4. The summed E-state index contributed by atoms with van der Waals surface area (Å²) in [7, 11) is 1.81. The van der Waals surface area contributed by atoms with Crippen molar-refractivity contribution in [3.63, 3.8) is 0 Å². The molecule has 0 unspecified atom stereocenters. The van der Waals surface area contributed by atoms with Gasteiger partial charge in [0.1, 0.15) is 0 Å². The third kappa shape index (κ3) is 5.02. The monoisotopic (exact) mass is 398 g/mol. The summed E-state index contributed by atoms with van der Waals surface area (Å²) >= 11 is 1.60. The molecule has 0 saturated carbocycles. The third-order valence-corrected chi connectivity index (χ3v) is 5.59. The molecule has 0 atom stereocenters. The number of aryl methyl sites for hydroxylation is 1. The molecule has 7 nitrogen and oxygen atoms in total. The van der Waals surface area contributed by atoms with Crippen molar-refractivity contribution in [2.24, 2.45) is 7.05 Å². The number of thiazole rings is 1. The van der Waals surface area contributed by atoms with Gasteiger partial charge in [-0.1, -0.05) is 20.8 Å². The van der Waals surface area contributed by atoms with Gasteiger partial charge in [-0.05, 0) is 25.9 Å². The lowest BCUT2D eigenvalue weighted by atomic mass is 9.98. The minimum absolute atomic E-state index is 0. The Kier molecular flexibility index (Phi) is 6.76. The predicted octanol–water partition coefficient (Wildman–Crippen LogP) is 2.64. The molecule has 0 radical (unpaired) electrons. The average molecular weight is 399 g/mol. The summed E-state index contributed by atoms with van der Waals surface area (Å²) in [4.78, 5) is 21.4. The first-order chi connectivity index (χ1) is 11.8. The van der Waals surface area contributed by atoms with Crippen molar-refractivity contribution in [2.45, 2.75) is 51.4 Å². The predicted molar refractivity (Wildman–Crippen MR) is 106 cm³/mol. The van der Waals surface area contributed by atoms with E-state index < -0.39 is 0 Å². The number of carbonyl (C=O) groups is 1. The van der Waals surface area contributed by atoms with E-state index in [1.54, 1.807) is 16.0 Å². The van der Waals surface area contributed by atoms with Gasteiger partial charge in [0.2, 0.25) is 11.9 Å². The molecule has 0 bridgehead atoms. The number of amides is 1. The second kappa shape index (κ2) is 8.45. The Morgan fingerprint density at radius 3 is 2.65 bits per heavy atom. The zero-order valence-corrected chi connectivity index (χ0v) is 17.3. The highest BCUT2D eigenvalue weighted by Crippen LogP contribution is 2.26. The topological polar surface area (TPSA) is 84.7 Å². The molecule has 2 N–H and O–H groups in total. The summed E-state index contributed by atoms with van der Waals surface area (Å²) in [6.07, 6.45) is 2.32. The van der Waals surface area contributed by atoms with Crippen LogP contribution < -0.4 is 10.6 Å². The minimum Gasteiger partial charge on any atom is -0.317 e. The average Bonchev–Trinajstić information content (AvgIpc) is 3.15. The molecule has 26 heavy (non-hydrogen) atoms. The lowest BCUT2D eigenvalue weighted by Crippen LogP contribution is -2.27. The molecule has 2 aromatic heterocycles. The van der Waals surface area contributed by atoms with Crippen LogP contribution in [0, 0.1) is 0 Å². The zero-order chi connectivity index (χ0) is 18.0. The van der Waals surface area contributed by atoms with Crippen LogP contribution >= 0.6 is 23.7 Å². The number of hydrogen-bond donors (Lipinski definition) is 2. The van der Waals surface area contributed by atoms with Crippen LogP contribution in [0.5, 0.6) is 0 Å². The van der Waals surface area contributed by atoms with E-state index in [1.165, 1.54) is 0 Å². The summed E-state index contributed by atoms with van der Waals surface area (Å²) in [5, 5.41) is 13.7. The lowest BCUT2D eigenvalue weighted by Gasteiger charge is -2.19. The maximum atomic E-state index is 12.3. The molecule has 2 aromatic rings. The molecule has 0 spiro atoms. The highest BCUT2D eigenvalue weighted by atomic mass is 35.5. The molecule has 1 aliphatic heterocycles. The number of halogens is 1. The molecule has 1 aliphatic rings. The van der Waals surface area contributed by atoms with E-state index in [0.717, 1.165) is 42.5 Å². The fourth-order valence-electron chi connectivity index (χ4n) is 2.83. The first-order valence-electron chi connectivity index (χ1n) is 8.69. The van der Waals surface area contributed by atoms with E-state index in [-0.39, 0.29) is 30.2 Å². The fourth-order valence-corrected chi connectivity index (χ4v) is 3.74. The number of aromatic nitrogens is 4. The van der Waals surface area contributed by atoms with Crippen molar-refractivity contribution in [1.29, 1.82) is 0 Å². The Morgan fingerprint density at radius 2 is 2.04 bits per heavy atom. The van der Waals surface area contributed by atoms with Crippen LogP contribution in [-0.4, -0.2) is 38.7 Å². The van der Waals surface area contributed by atoms with Crippen molar-refractivity contribution in [3.8, 4) is 0 Å². The van der Waals surface area contributed by atoms with Crippen molar-refractivity contribution in [3.05, 3.63) is 21.9 Å². The maximum Gasteiger partial charge on any atom is 0.232 e. The Balaban J connectivity index is 0.00000243. The number of piperidine rings is 1. The quantitative estimate of drug-likeness (QED) is 0.826. The molecule has 3 rings (SSSR count). The first-order valence-corrected chi connectivity index (χ1v) is 9.57. The van der Waals surface area contributed by atoms with Crippen LogP contribution in [0.15, 0.2) is 5.38 Å². The van der Waals surface area contributed by atoms with E-state index in [4.69, 9.17) is 0 Å². The smallest absolute Gasteiger partial charge is 0.232 e. The third-order valence-electron chi connectivity index (χ3n) is 4.27. The molecular weight excluding hydrogens is 372 g/mol. The van der Waals surface area contributed by atoms with Crippen LogP contribution in [0.1, 0.15) is 56.1 Å². The highest BCUT2D eigenvalue weighted by Gasteiger charge is 2.22. The summed E-state index contributed by atoms with van der Waals surface area (Å²) in [6.45, 7) is 8.35. The second-order valence-corrected chi connectivity index (χ2v) is 8.42. The van der Waals surface area contributed by atoms with Crippen LogP contribution in [0.2, 0.25) is 0 Å². The van der Waals surface area contributed by atoms with Gasteiger partial charge in [-0.2, -0.15) is 10.1 Å². The molecule has 3 heterocycles. The van der Waals surface area contributed by atoms with Crippen molar-refractivity contribution in [1.82, 2.24) is 25.1 Å². The molecule has 144 valence electrons. The summed E-state index contributed by atoms with van der Waals surface area (Å²) in [5.41, 5.74) is 0.806. The fraction of sp³-hybridized carbons (Fsp3) is 0.647. The van der Waals surface area contributed by atoms with Gasteiger partial charge in [0.15, 0.2) is 5.82 Å². The standard InChI is InChI=1S/C17H26N6OS.ClH/c1-17(2,3)15-19-12(10-25-15)9-13(24)20-16-21-14(22-23(16)4)11-5-7-18-8-6-11;/h10-11,18H,5-9H2,1-4H3,(H,20,21,22,24);1H. The van der Waals surface area contributed by atoms with Gasteiger partial charge in [0, 0.05) is 23.8 Å². The molecule has 1 fully saturated rings. The molecule has 0 aromatic carbocycles. The van der Waals surface area contributed by atoms with E-state index in [2.05, 4.69) is 46.5 Å². The molecular formula is C17H27ClN6OS. The minimum atomic E-state index is -0.113. The molecule has 0 aliphatic carbocycles.